The number of carbonyl (C=O) groups excluding carboxylic acids is 1. The van der Waals surface area contributed by atoms with Gasteiger partial charge in [-0.3, -0.25) is 4.79 Å². The summed E-state index contributed by atoms with van der Waals surface area (Å²) in [6.07, 6.45) is 0.253. The van der Waals surface area contributed by atoms with Crippen molar-refractivity contribution in [3.8, 4) is 23.3 Å². The third-order valence-electron chi connectivity index (χ3n) is 3.91. The first-order valence-electron chi connectivity index (χ1n) is 8.14. The van der Waals surface area contributed by atoms with Gasteiger partial charge < -0.3 is 19.1 Å². The summed E-state index contributed by atoms with van der Waals surface area (Å²) >= 11 is 0. The molecule has 136 valence electrons. The highest BCUT2D eigenvalue weighted by Gasteiger charge is 2.21. The second-order valence-electron chi connectivity index (χ2n) is 5.53. The third-order valence-corrected chi connectivity index (χ3v) is 3.91. The zero-order valence-corrected chi connectivity index (χ0v) is 15.2. The van der Waals surface area contributed by atoms with Gasteiger partial charge in [0.25, 0.3) is 5.91 Å². The van der Waals surface area contributed by atoms with E-state index in [4.69, 9.17) is 19.5 Å². The van der Waals surface area contributed by atoms with Crippen molar-refractivity contribution in [3.63, 3.8) is 0 Å². The van der Waals surface area contributed by atoms with Crippen LogP contribution >= 0.6 is 0 Å². The molecule has 0 fully saturated rings. The van der Waals surface area contributed by atoms with E-state index in [2.05, 4.69) is 6.07 Å². The number of nitriles is 1. The van der Waals surface area contributed by atoms with Gasteiger partial charge in [0.1, 0.15) is 0 Å². The minimum atomic E-state index is -0.205. The van der Waals surface area contributed by atoms with Gasteiger partial charge in [0.15, 0.2) is 11.5 Å². The zero-order valence-electron chi connectivity index (χ0n) is 15.2. The van der Waals surface area contributed by atoms with Gasteiger partial charge in [0.05, 0.1) is 33.8 Å². The molecular formula is C20H22N2O4. The molecule has 6 nitrogen and oxygen atoms in total. The molecule has 0 radical (unpaired) electrons. The minimum Gasteiger partial charge on any atom is -0.493 e. The first-order chi connectivity index (χ1) is 12.6. The van der Waals surface area contributed by atoms with Crippen molar-refractivity contribution in [1.82, 2.24) is 4.90 Å². The van der Waals surface area contributed by atoms with Crippen LogP contribution in [0.4, 0.5) is 0 Å². The quantitative estimate of drug-likeness (QED) is 0.727. The molecule has 0 aliphatic rings. The molecule has 0 aliphatic heterocycles. The summed E-state index contributed by atoms with van der Waals surface area (Å²) in [4.78, 5) is 14.7. The van der Waals surface area contributed by atoms with Crippen LogP contribution in [-0.4, -0.2) is 38.7 Å². The number of nitrogens with zero attached hydrogens (tertiary/aromatic N) is 2. The summed E-state index contributed by atoms with van der Waals surface area (Å²) in [6.45, 7) is 0.749. The van der Waals surface area contributed by atoms with Crippen LogP contribution in [0.1, 0.15) is 22.3 Å². The second kappa shape index (κ2) is 9.33. The maximum Gasteiger partial charge on any atom is 0.254 e. The lowest BCUT2D eigenvalue weighted by molar-refractivity contribution is 0.0746. The Balaban J connectivity index is 2.36. The lowest BCUT2D eigenvalue weighted by Crippen LogP contribution is -2.31. The number of benzene rings is 2. The van der Waals surface area contributed by atoms with Gasteiger partial charge in [-0.15, -0.1) is 0 Å². The van der Waals surface area contributed by atoms with Crippen LogP contribution in [0.5, 0.6) is 17.2 Å². The number of hydrogen-bond acceptors (Lipinski definition) is 5. The SMILES string of the molecule is COc1cc(C(=O)N(CCC#N)Cc2ccccc2)cc(OC)c1OC. The molecule has 0 bridgehead atoms. The average Bonchev–Trinajstić information content (AvgIpc) is 2.70. The van der Waals surface area contributed by atoms with E-state index in [1.54, 1.807) is 17.0 Å². The molecule has 0 aliphatic carbocycles. The molecule has 0 atom stereocenters. The summed E-state index contributed by atoms with van der Waals surface area (Å²) < 4.78 is 15.9. The van der Waals surface area contributed by atoms with Crippen molar-refractivity contribution in [1.29, 1.82) is 5.26 Å². The third kappa shape index (κ3) is 4.45. The number of carbonyl (C=O) groups is 1. The molecule has 0 heterocycles. The predicted octanol–water partition coefficient (Wildman–Crippen LogP) is 3.27. The van der Waals surface area contributed by atoms with Gasteiger partial charge in [-0.2, -0.15) is 5.26 Å². The number of hydrogen-bond donors (Lipinski definition) is 0. The Kier molecular flexibility index (Phi) is 6.86. The Morgan fingerprint density at radius 2 is 1.65 bits per heavy atom. The largest absolute Gasteiger partial charge is 0.493 e. The van der Waals surface area contributed by atoms with Crippen LogP contribution < -0.4 is 14.2 Å². The maximum absolute atomic E-state index is 13.1. The Hall–Kier alpha value is -3.20. The van der Waals surface area contributed by atoms with E-state index in [0.29, 0.717) is 35.9 Å². The second-order valence-corrected chi connectivity index (χ2v) is 5.53. The van der Waals surface area contributed by atoms with E-state index < -0.39 is 0 Å². The molecule has 2 rings (SSSR count). The molecule has 2 aromatic rings. The summed E-state index contributed by atoms with van der Waals surface area (Å²) in [5, 5.41) is 8.92. The first-order valence-corrected chi connectivity index (χ1v) is 8.14. The molecule has 0 saturated carbocycles. The number of amides is 1. The Bertz CT molecular complexity index is 759. The van der Waals surface area contributed by atoms with E-state index in [1.807, 2.05) is 30.3 Å². The highest BCUT2D eigenvalue weighted by atomic mass is 16.5. The Morgan fingerprint density at radius 1 is 1.04 bits per heavy atom. The number of ether oxygens (including phenoxy) is 3. The van der Waals surface area contributed by atoms with Crippen molar-refractivity contribution in [2.24, 2.45) is 0 Å². The number of methoxy groups -OCH3 is 3. The van der Waals surface area contributed by atoms with E-state index in [1.165, 1.54) is 21.3 Å². The van der Waals surface area contributed by atoms with Crippen LogP contribution in [-0.2, 0) is 6.54 Å². The molecule has 0 spiro atoms. The van der Waals surface area contributed by atoms with E-state index in [0.717, 1.165) is 5.56 Å². The van der Waals surface area contributed by atoms with E-state index >= 15 is 0 Å². The lowest BCUT2D eigenvalue weighted by Gasteiger charge is -2.23. The van der Waals surface area contributed by atoms with Gasteiger partial charge in [0, 0.05) is 18.7 Å². The monoisotopic (exact) mass is 354 g/mol. The minimum absolute atomic E-state index is 0.205. The van der Waals surface area contributed by atoms with Gasteiger partial charge >= 0.3 is 0 Å². The van der Waals surface area contributed by atoms with Gasteiger partial charge in [-0.25, -0.2) is 0 Å². The molecule has 2 aromatic carbocycles. The lowest BCUT2D eigenvalue weighted by atomic mass is 10.1. The normalized spacial score (nSPS) is 9.92. The summed E-state index contributed by atoms with van der Waals surface area (Å²) in [7, 11) is 4.52. The molecule has 0 N–H and O–H groups in total. The van der Waals surface area contributed by atoms with Crippen molar-refractivity contribution in [3.05, 3.63) is 53.6 Å². The number of rotatable bonds is 8. The predicted molar refractivity (Wildman–Crippen MR) is 97.5 cm³/mol. The summed E-state index contributed by atoms with van der Waals surface area (Å²) in [5.74, 6) is 1.05. The standard InChI is InChI=1S/C20H22N2O4/c1-24-17-12-16(13-18(25-2)19(17)26-3)20(23)22(11-7-10-21)14-15-8-5-4-6-9-15/h4-6,8-9,12-13H,7,11,14H2,1-3H3. The van der Waals surface area contributed by atoms with E-state index in [9.17, 15) is 4.79 Å². The zero-order chi connectivity index (χ0) is 18.9. The van der Waals surface area contributed by atoms with Crippen molar-refractivity contribution >= 4 is 5.91 Å². The fraction of sp³-hybridized carbons (Fsp3) is 0.300. The summed E-state index contributed by atoms with van der Waals surface area (Å²) in [6, 6.07) is 15.0. The van der Waals surface area contributed by atoms with Gasteiger partial charge in [-0.1, -0.05) is 30.3 Å². The van der Waals surface area contributed by atoms with Crippen LogP contribution in [0.15, 0.2) is 42.5 Å². The molecule has 0 aromatic heterocycles. The summed E-state index contributed by atoms with van der Waals surface area (Å²) in [5.41, 5.74) is 1.40. The first kappa shape index (κ1) is 19.1. The van der Waals surface area contributed by atoms with E-state index in [-0.39, 0.29) is 12.3 Å². The highest BCUT2D eigenvalue weighted by molar-refractivity contribution is 5.95. The van der Waals surface area contributed by atoms with Crippen LogP contribution in [0.2, 0.25) is 0 Å². The topological polar surface area (TPSA) is 71.8 Å². The van der Waals surface area contributed by atoms with Crippen molar-refractivity contribution in [2.75, 3.05) is 27.9 Å². The van der Waals surface area contributed by atoms with Crippen LogP contribution in [0, 0.1) is 11.3 Å². The fourth-order valence-electron chi connectivity index (χ4n) is 2.63. The smallest absolute Gasteiger partial charge is 0.254 e. The van der Waals surface area contributed by atoms with Crippen LogP contribution in [0.25, 0.3) is 0 Å². The van der Waals surface area contributed by atoms with Crippen molar-refractivity contribution in [2.45, 2.75) is 13.0 Å². The molecular weight excluding hydrogens is 332 g/mol. The molecule has 6 heteroatoms. The molecule has 0 saturated heterocycles. The van der Waals surface area contributed by atoms with Crippen LogP contribution in [0.3, 0.4) is 0 Å². The highest BCUT2D eigenvalue weighted by Crippen LogP contribution is 2.38. The average molecular weight is 354 g/mol. The molecule has 0 unspecified atom stereocenters. The fourth-order valence-corrected chi connectivity index (χ4v) is 2.63. The Morgan fingerprint density at radius 3 is 2.15 bits per heavy atom. The Labute approximate surface area is 153 Å². The molecule has 26 heavy (non-hydrogen) atoms. The van der Waals surface area contributed by atoms with Gasteiger partial charge in [-0.05, 0) is 17.7 Å². The molecule has 1 amide bonds. The van der Waals surface area contributed by atoms with Crippen molar-refractivity contribution < 1.29 is 19.0 Å². The van der Waals surface area contributed by atoms with Gasteiger partial charge in [0.2, 0.25) is 5.75 Å². The maximum atomic E-state index is 13.1.